The summed E-state index contributed by atoms with van der Waals surface area (Å²) in [5.74, 6) is -2.28. The molecule has 7 heteroatoms. The van der Waals surface area contributed by atoms with Crippen LogP contribution in [0.3, 0.4) is 0 Å². The molecule has 19 heavy (non-hydrogen) atoms. The van der Waals surface area contributed by atoms with E-state index in [9.17, 15) is 13.6 Å². The van der Waals surface area contributed by atoms with E-state index in [1.807, 2.05) is 0 Å². The zero-order valence-electron chi connectivity index (χ0n) is 9.53. The number of carbonyl (C=O) groups is 1. The minimum atomic E-state index is -0.997. The normalized spacial score (nSPS) is 10.3. The first-order valence-corrected chi connectivity index (χ1v) is 5.64. The van der Waals surface area contributed by atoms with Gasteiger partial charge in [0.2, 0.25) is 5.91 Å². The number of aromatic nitrogens is 2. The number of halogens is 3. The number of rotatable bonds is 3. The largest absolute Gasteiger partial charge is 0.308 e. The minimum absolute atomic E-state index is 0.0566. The van der Waals surface area contributed by atoms with E-state index in [-0.39, 0.29) is 17.4 Å². The molecule has 1 aromatic carbocycles. The van der Waals surface area contributed by atoms with Crippen molar-refractivity contribution in [2.45, 2.75) is 6.42 Å². The van der Waals surface area contributed by atoms with E-state index in [2.05, 4.69) is 15.3 Å². The smallest absolute Gasteiger partial charge is 0.230 e. The summed E-state index contributed by atoms with van der Waals surface area (Å²) < 4.78 is 25.7. The SMILES string of the molecule is O=C(Cc1ccc(F)c(F)c1)Nc1nccnc1Cl. The second-order valence-corrected chi connectivity index (χ2v) is 4.03. The molecule has 4 nitrogen and oxygen atoms in total. The Morgan fingerprint density at radius 1 is 1.21 bits per heavy atom. The fraction of sp³-hybridized carbons (Fsp3) is 0.0833. The van der Waals surface area contributed by atoms with E-state index in [4.69, 9.17) is 11.6 Å². The lowest BCUT2D eigenvalue weighted by atomic mass is 10.1. The van der Waals surface area contributed by atoms with Gasteiger partial charge in [0.15, 0.2) is 22.6 Å². The van der Waals surface area contributed by atoms with Crippen molar-refractivity contribution in [1.82, 2.24) is 9.97 Å². The highest BCUT2D eigenvalue weighted by Gasteiger charge is 2.10. The van der Waals surface area contributed by atoms with Crippen LogP contribution in [0.1, 0.15) is 5.56 Å². The fourth-order valence-corrected chi connectivity index (χ4v) is 1.57. The van der Waals surface area contributed by atoms with Gasteiger partial charge in [-0.15, -0.1) is 0 Å². The van der Waals surface area contributed by atoms with Crippen LogP contribution in [0.4, 0.5) is 14.6 Å². The third kappa shape index (κ3) is 3.45. The van der Waals surface area contributed by atoms with Crippen molar-refractivity contribution in [3.05, 3.63) is 52.9 Å². The number of nitrogens with one attached hydrogen (secondary N) is 1. The predicted octanol–water partition coefficient (Wildman–Crippen LogP) is 2.59. The van der Waals surface area contributed by atoms with Gasteiger partial charge in [-0.25, -0.2) is 18.7 Å². The number of nitrogens with zero attached hydrogens (tertiary/aromatic N) is 2. The van der Waals surface area contributed by atoms with Crippen LogP contribution in [-0.4, -0.2) is 15.9 Å². The molecule has 0 saturated heterocycles. The van der Waals surface area contributed by atoms with Gasteiger partial charge in [-0.2, -0.15) is 0 Å². The van der Waals surface area contributed by atoms with Gasteiger partial charge in [0.25, 0.3) is 0 Å². The molecule has 1 N–H and O–H groups in total. The molecule has 2 rings (SSSR count). The summed E-state index contributed by atoms with van der Waals surface area (Å²) in [5, 5.41) is 2.49. The van der Waals surface area contributed by atoms with E-state index in [1.165, 1.54) is 18.5 Å². The summed E-state index contributed by atoms with van der Waals surface area (Å²) in [6.45, 7) is 0. The Kier molecular flexibility index (Phi) is 4.01. The molecule has 0 spiro atoms. The second kappa shape index (κ2) is 5.71. The number of hydrogen-bond donors (Lipinski definition) is 1. The lowest BCUT2D eigenvalue weighted by Crippen LogP contribution is -2.16. The predicted molar refractivity (Wildman–Crippen MR) is 65.7 cm³/mol. The first-order valence-electron chi connectivity index (χ1n) is 5.26. The van der Waals surface area contributed by atoms with Crippen molar-refractivity contribution in [3.63, 3.8) is 0 Å². The van der Waals surface area contributed by atoms with Gasteiger partial charge in [-0.1, -0.05) is 17.7 Å². The average molecular weight is 284 g/mol. The van der Waals surface area contributed by atoms with Gasteiger partial charge < -0.3 is 5.32 Å². The topological polar surface area (TPSA) is 54.9 Å². The van der Waals surface area contributed by atoms with E-state index < -0.39 is 17.5 Å². The molecule has 0 radical (unpaired) electrons. The van der Waals surface area contributed by atoms with E-state index >= 15 is 0 Å². The van der Waals surface area contributed by atoms with Crippen molar-refractivity contribution in [1.29, 1.82) is 0 Å². The summed E-state index contributed by atoms with van der Waals surface area (Å²) >= 11 is 5.72. The van der Waals surface area contributed by atoms with Crippen LogP contribution in [0, 0.1) is 11.6 Å². The summed E-state index contributed by atoms with van der Waals surface area (Å²) in [6.07, 6.45) is 2.64. The summed E-state index contributed by atoms with van der Waals surface area (Å²) in [5.41, 5.74) is 0.344. The zero-order chi connectivity index (χ0) is 13.8. The maximum atomic E-state index is 13.0. The summed E-state index contributed by atoms with van der Waals surface area (Å²) in [6, 6.07) is 3.26. The molecule has 0 aliphatic carbocycles. The third-order valence-electron chi connectivity index (χ3n) is 2.26. The Labute approximate surface area is 112 Å². The molecule has 2 aromatic rings. The van der Waals surface area contributed by atoms with Crippen molar-refractivity contribution >= 4 is 23.3 Å². The van der Waals surface area contributed by atoms with Crippen LogP contribution in [0.15, 0.2) is 30.6 Å². The Balaban J connectivity index is 2.05. The number of amides is 1. The Hall–Kier alpha value is -2.08. The molecule has 98 valence electrons. The standard InChI is InChI=1S/C12H8ClF2N3O/c13-11-12(17-4-3-16-11)18-10(19)6-7-1-2-8(14)9(15)5-7/h1-5H,6H2,(H,17,18,19). The molecule has 0 saturated carbocycles. The van der Waals surface area contributed by atoms with Gasteiger partial charge in [-0.05, 0) is 17.7 Å². The Bertz CT molecular complexity index is 622. The monoisotopic (exact) mass is 283 g/mol. The highest BCUT2D eigenvalue weighted by atomic mass is 35.5. The number of hydrogen-bond acceptors (Lipinski definition) is 3. The van der Waals surface area contributed by atoms with Gasteiger partial charge >= 0.3 is 0 Å². The first-order chi connectivity index (χ1) is 9.06. The molecule has 0 aliphatic rings. The quantitative estimate of drug-likeness (QED) is 0.942. The number of benzene rings is 1. The van der Waals surface area contributed by atoms with E-state index in [0.29, 0.717) is 5.56 Å². The van der Waals surface area contributed by atoms with Gasteiger partial charge in [0.1, 0.15) is 0 Å². The lowest BCUT2D eigenvalue weighted by molar-refractivity contribution is -0.115. The molecule has 1 aromatic heterocycles. The minimum Gasteiger partial charge on any atom is -0.308 e. The fourth-order valence-electron chi connectivity index (χ4n) is 1.42. The van der Waals surface area contributed by atoms with Crippen LogP contribution in [0.5, 0.6) is 0 Å². The van der Waals surface area contributed by atoms with Crippen LogP contribution in [0.25, 0.3) is 0 Å². The lowest BCUT2D eigenvalue weighted by Gasteiger charge is -2.05. The van der Waals surface area contributed by atoms with E-state index in [0.717, 1.165) is 12.1 Å². The molecule has 1 amide bonds. The van der Waals surface area contributed by atoms with Crippen molar-refractivity contribution in [2.75, 3.05) is 5.32 Å². The molecule has 1 heterocycles. The molecule has 0 bridgehead atoms. The second-order valence-electron chi connectivity index (χ2n) is 3.67. The average Bonchev–Trinajstić information content (AvgIpc) is 2.37. The summed E-state index contributed by atoms with van der Waals surface area (Å²) in [7, 11) is 0. The van der Waals surface area contributed by atoms with Crippen molar-refractivity contribution in [3.8, 4) is 0 Å². The molecular weight excluding hydrogens is 276 g/mol. The molecule has 0 unspecified atom stereocenters. The molecular formula is C12H8ClF2N3O. The van der Waals surface area contributed by atoms with Gasteiger partial charge in [0.05, 0.1) is 6.42 Å². The summed E-state index contributed by atoms with van der Waals surface area (Å²) in [4.78, 5) is 19.3. The van der Waals surface area contributed by atoms with Crippen LogP contribution in [-0.2, 0) is 11.2 Å². The zero-order valence-corrected chi connectivity index (χ0v) is 10.3. The highest BCUT2D eigenvalue weighted by molar-refractivity contribution is 6.32. The van der Waals surface area contributed by atoms with E-state index in [1.54, 1.807) is 0 Å². The van der Waals surface area contributed by atoms with Crippen LogP contribution < -0.4 is 5.32 Å². The molecule has 0 fully saturated rings. The maximum absolute atomic E-state index is 13.0. The third-order valence-corrected chi connectivity index (χ3v) is 2.54. The number of anilines is 1. The maximum Gasteiger partial charge on any atom is 0.230 e. The Morgan fingerprint density at radius 3 is 2.63 bits per heavy atom. The first kappa shape index (κ1) is 13.4. The molecule has 0 atom stereocenters. The van der Waals surface area contributed by atoms with Crippen LogP contribution >= 0.6 is 11.6 Å². The van der Waals surface area contributed by atoms with Gasteiger partial charge in [0, 0.05) is 12.4 Å². The molecule has 0 aliphatic heterocycles. The van der Waals surface area contributed by atoms with Crippen molar-refractivity contribution in [2.24, 2.45) is 0 Å². The van der Waals surface area contributed by atoms with Crippen molar-refractivity contribution < 1.29 is 13.6 Å². The Morgan fingerprint density at radius 2 is 1.95 bits per heavy atom. The van der Waals surface area contributed by atoms with Gasteiger partial charge in [-0.3, -0.25) is 4.79 Å². The highest BCUT2D eigenvalue weighted by Crippen LogP contribution is 2.15. The van der Waals surface area contributed by atoms with Crippen LogP contribution in [0.2, 0.25) is 5.15 Å². The number of carbonyl (C=O) groups excluding carboxylic acids is 1.